The summed E-state index contributed by atoms with van der Waals surface area (Å²) in [5, 5.41) is 3.22. The fourth-order valence-corrected chi connectivity index (χ4v) is 3.31. The van der Waals surface area contributed by atoms with Crippen LogP contribution >= 0.6 is 22.9 Å². The maximum absolute atomic E-state index is 11.0. The minimum atomic E-state index is -2.97. The van der Waals surface area contributed by atoms with Gasteiger partial charge in [0.2, 0.25) is 0 Å². The average Bonchev–Trinajstić information content (AvgIpc) is 2.85. The van der Waals surface area contributed by atoms with Gasteiger partial charge in [0.1, 0.15) is 9.84 Å². The minimum absolute atomic E-state index is 0.0375. The summed E-state index contributed by atoms with van der Waals surface area (Å²) >= 11 is 7.49. The van der Waals surface area contributed by atoms with Crippen molar-refractivity contribution in [1.82, 2.24) is 10.2 Å². The van der Waals surface area contributed by atoms with E-state index in [0.717, 1.165) is 28.3 Å². The Morgan fingerprint density at radius 3 is 2.74 bits per heavy atom. The highest BCUT2D eigenvalue weighted by molar-refractivity contribution is 7.90. The quantitative estimate of drug-likeness (QED) is 0.401. The molecule has 0 aliphatic heterocycles. The number of aliphatic imine (C=N–C) groups is 1. The molecule has 9 heteroatoms. The lowest BCUT2D eigenvalue weighted by atomic mass is 10.4. The van der Waals surface area contributed by atoms with Gasteiger partial charge in [-0.1, -0.05) is 11.6 Å². The van der Waals surface area contributed by atoms with E-state index in [-0.39, 0.29) is 12.4 Å². The number of halogens is 1. The van der Waals surface area contributed by atoms with Crippen LogP contribution in [-0.4, -0.2) is 64.6 Å². The number of hydrogen-bond acceptors (Lipinski definition) is 5. The summed E-state index contributed by atoms with van der Waals surface area (Å²) < 4.78 is 28.0. The Labute approximate surface area is 147 Å². The monoisotopic (exact) mass is 381 g/mol. The summed E-state index contributed by atoms with van der Waals surface area (Å²) in [6.45, 7) is 4.56. The van der Waals surface area contributed by atoms with Crippen LogP contribution < -0.4 is 5.32 Å². The maximum atomic E-state index is 11.0. The second kappa shape index (κ2) is 10.1. The number of thiophene rings is 1. The summed E-state index contributed by atoms with van der Waals surface area (Å²) in [5.41, 5.74) is 0. The smallest absolute Gasteiger partial charge is 0.194 e. The summed E-state index contributed by atoms with van der Waals surface area (Å²) in [6.07, 6.45) is 1.20. The molecule has 0 unspecified atom stereocenters. The topological polar surface area (TPSA) is 71.0 Å². The van der Waals surface area contributed by atoms with Crippen molar-refractivity contribution in [3.63, 3.8) is 0 Å². The van der Waals surface area contributed by atoms with Crippen LogP contribution in [0.1, 0.15) is 11.8 Å². The largest absolute Gasteiger partial charge is 0.378 e. The Hall–Kier alpha value is -0.830. The molecule has 0 fully saturated rings. The van der Waals surface area contributed by atoms with Gasteiger partial charge >= 0.3 is 0 Å². The third kappa shape index (κ3) is 9.14. The third-order valence-electron chi connectivity index (χ3n) is 2.81. The van der Waals surface area contributed by atoms with E-state index < -0.39 is 9.84 Å². The summed E-state index contributed by atoms with van der Waals surface area (Å²) in [6, 6.07) is 3.89. The first kappa shape index (κ1) is 20.2. The van der Waals surface area contributed by atoms with Gasteiger partial charge < -0.3 is 15.0 Å². The first-order valence-corrected chi connectivity index (χ1v) is 10.6. The molecule has 0 saturated carbocycles. The molecule has 6 nitrogen and oxygen atoms in total. The Kier molecular flexibility index (Phi) is 8.90. The van der Waals surface area contributed by atoms with Crippen molar-refractivity contribution in [2.45, 2.75) is 13.5 Å². The normalized spacial score (nSPS) is 12.4. The first-order chi connectivity index (χ1) is 10.8. The molecule has 0 atom stereocenters. The highest BCUT2D eigenvalue weighted by atomic mass is 35.5. The van der Waals surface area contributed by atoms with Crippen molar-refractivity contribution in [2.24, 2.45) is 4.99 Å². The molecule has 1 aromatic heterocycles. The van der Waals surface area contributed by atoms with E-state index in [0.29, 0.717) is 13.2 Å². The lowest BCUT2D eigenvalue weighted by molar-refractivity contribution is 0.157. The van der Waals surface area contributed by atoms with Crippen LogP contribution in [0.25, 0.3) is 0 Å². The van der Waals surface area contributed by atoms with Crippen LogP contribution in [-0.2, 0) is 21.1 Å². The zero-order valence-electron chi connectivity index (χ0n) is 13.7. The van der Waals surface area contributed by atoms with Gasteiger partial charge in [0.05, 0.1) is 36.4 Å². The first-order valence-electron chi connectivity index (χ1n) is 7.31. The van der Waals surface area contributed by atoms with Crippen molar-refractivity contribution in [1.29, 1.82) is 0 Å². The molecule has 0 amide bonds. The van der Waals surface area contributed by atoms with E-state index >= 15 is 0 Å². The SMILES string of the molecule is CCNC(=NCCOCCS(C)(=O)=O)N(C)Cc1ccc(Cl)s1. The molecule has 0 saturated heterocycles. The highest BCUT2D eigenvalue weighted by Crippen LogP contribution is 2.22. The molecule has 0 aliphatic carbocycles. The molecule has 0 aromatic carbocycles. The lowest BCUT2D eigenvalue weighted by Gasteiger charge is -2.21. The number of ether oxygens (including phenoxy) is 1. The number of hydrogen-bond donors (Lipinski definition) is 1. The number of guanidine groups is 1. The van der Waals surface area contributed by atoms with Crippen LogP contribution in [0.3, 0.4) is 0 Å². The van der Waals surface area contributed by atoms with Gasteiger partial charge in [-0.05, 0) is 19.1 Å². The van der Waals surface area contributed by atoms with Crippen molar-refractivity contribution in [3.05, 3.63) is 21.3 Å². The average molecular weight is 382 g/mol. The molecule has 0 radical (unpaired) electrons. The van der Waals surface area contributed by atoms with E-state index in [2.05, 4.69) is 10.3 Å². The molecule has 23 heavy (non-hydrogen) atoms. The molecule has 1 rings (SSSR count). The van der Waals surface area contributed by atoms with Gasteiger partial charge in [0.15, 0.2) is 5.96 Å². The Morgan fingerprint density at radius 1 is 1.43 bits per heavy atom. The van der Waals surface area contributed by atoms with E-state index in [1.165, 1.54) is 6.26 Å². The summed E-state index contributed by atoms with van der Waals surface area (Å²) in [5.74, 6) is 0.819. The number of sulfone groups is 1. The minimum Gasteiger partial charge on any atom is -0.378 e. The number of rotatable bonds is 9. The molecule has 132 valence electrons. The molecule has 0 aliphatic rings. The van der Waals surface area contributed by atoms with Gasteiger partial charge in [0.25, 0.3) is 0 Å². The molecule has 1 aromatic rings. The molecule has 0 bridgehead atoms. The molecule has 1 N–H and O–H groups in total. The predicted molar refractivity (Wildman–Crippen MR) is 97.3 cm³/mol. The number of nitrogens with zero attached hydrogens (tertiary/aromatic N) is 2. The molecule has 1 heterocycles. The Bertz CT molecular complexity index is 602. The Balaban J connectivity index is 2.42. The van der Waals surface area contributed by atoms with Gasteiger partial charge in [-0.15, -0.1) is 11.3 Å². The van der Waals surface area contributed by atoms with Crippen LogP contribution in [0.4, 0.5) is 0 Å². The Morgan fingerprint density at radius 2 is 2.17 bits per heavy atom. The standard InChI is InChI=1S/C14H24ClN3O3S2/c1-4-16-14(17-7-8-21-9-10-23(3,19)20)18(2)11-12-5-6-13(15)22-12/h5-6H,4,7-11H2,1-3H3,(H,16,17). The van der Waals surface area contributed by atoms with E-state index in [1.807, 2.05) is 31.0 Å². The second-order valence-electron chi connectivity index (χ2n) is 5.04. The zero-order valence-corrected chi connectivity index (χ0v) is 16.1. The van der Waals surface area contributed by atoms with Gasteiger partial charge in [-0.25, -0.2) is 8.42 Å². The van der Waals surface area contributed by atoms with Crippen LogP contribution in [0, 0.1) is 0 Å². The lowest BCUT2D eigenvalue weighted by Crippen LogP contribution is -2.38. The van der Waals surface area contributed by atoms with Crippen LogP contribution in [0.15, 0.2) is 17.1 Å². The fourth-order valence-electron chi connectivity index (χ4n) is 1.74. The van der Waals surface area contributed by atoms with Crippen molar-refractivity contribution < 1.29 is 13.2 Å². The molecular weight excluding hydrogens is 358 g/mol. The van der Waals surface area contributed by atoms with Crippen molar-refractivity contribution >= 4 is 38.7 Å². The van der Waals surface area contributed by atoms with E-state index in [4.69, 9.17) is 16.3 Å². The van der Waals surface area contributed by atoms with E-state index in [9.17, 15) is 8.42 Å². The van der Waals surface area contributed by atoms with Gasteiger partial charge in [-0.3, -0.25) is 4.99 Å². The summed E-state index contributed by atoms with van der Waals surface area (Å²) in [7, 11) is -1.02. The summed E-state index contributed by atoms with van der Waals surface area (Å²) in [4.78, 5) is 7.65. The van der Waals surface area contributed by atoms with Crippen LogP contribution in [0.2, 0.25) is 4.34 Å². The van der Waals surface area contributed by atoms with Crippen molar-refractivity contribution in [3.8, 4) is 0 Å². The van der Waals surface area contributed by atoms with E-state index in [1.54, 1.807) is 11.3 Å². The predicted octanol–water partition coefficient (Wildman–Crippen LogP) is 1.86. The molecule has 0 spiro atoms. The van der Waals surface area contributed by atoms with Crippen molar-refractivity contribution in [2.75, 3.05) is 45.4 Å². The van der Waals surface area contributed by atoms with Gasteiger partial charge in [-0.2, -0.15) is 0 Å². The fraction of sp³-hybridized carbons (Fsp3) is 0.643. The highest BCUT2D eigenvalue weighted by Gasteiger charge is 2.08. The molecular formula is C14H24ClN3O3S2. The maximum Gasteiger partial charge on any atom is 0.194 e. The van der Waals surface area contributed by atoms with Crippen LogP contribution in [0.5, 0.6) is 0 Å². The zero-order chi connectivity index (χ0) is 17.3. The second-order valence-corrected chi connectivity index (χ2v) is 9.10. The van der Waals surface area contributed by atoms with Gasteiger partial charge in [0, 0.05) is 24.7 Å². The third-order valence-corrected chi connectivity index (χ3v) is 4.94. The number of nitrogens with one attached hydrogen (secondary N) is 1.